The van der Waals surface area contributed by atoms with Crippen LogP contribution in [0.15, 0.2) is 18.2 Å². The van der Waals surface area contributed by atoms with Gasteiger partial charge in [0, 0.05) is 18.8 Å². The summed E-state index contributed by atoms with van der Waals surface area (Å²) >= 11 is 0. The van der Waals surface area contributed by atoms with Gasteiger partial charge in [-0.2, -0.15) is 0 Å². The molecule has 104 valence electrons. The van der Waals surface area contributed by atoms with Gasteiger partial charge in [0.2, 0.25) is 5.91 Å². The number of fused-ring (bicyclic) bond motifs is 1. The van der Waals surface area contributed by atoms with Gasteiger partial charge in [0.1, 0.15) is 5.82 Å². The highest BCUT2D eigenvalue weighted by atomic mass is 19.1. The minimum atomic E-state index is -0.464. The fourth-order valence-corrected chi connectivity index (χ4v) is 2.83. The Morgan fingerprint density at radius 1 is 1.45 bits per heavy atom. The smallest absolute Gasteiger partial charge is 0.322 e. The van der Waals surface area contributed by atoms with Crippen molar-refractivity contribution in [1.29, 1.82) is 0 Å². The third kappa shape index (κ3) is 1.60. The first kappa shape index (κ1) is 11.7. The Kier molecular flexibility index (Phi) is 2.17. The molecule has 4 rings (SSSR count). The normalized spacial score (nSPS) is 29.8. The van der Waals surface area contributed by atoms with Gasteiger partial charge in [0.25, 0.3) is 0 Å². The molecule has 1 saturated heterocycles. The van der Waals surface area contributed by atoms with Crippen LogP contribution in [0, 0.1) is 17.2 Å². The number of urea groups is 1. The Morgan fingerprint density at radius 3 is 2.80 bits per heavy atom. The van der Waals surface area contributed by atoms with Crippen molar-refractivity contribution in [3.8, 4) is 0 Å². The quantitative estimate of drug-likeness (QED) is 0.882. The van der Waals surface area contributed by atoms with E-state index in [0.717, 1.165) is 12.8 Å². The maximum Gasteiger partial charge on any atom is 0.322 e. The first-order valence-corrected chi connectivity index (χ1v) is 6.76. The number of nitrogens with one attached hydrogen (secondary N) is 2. The van der Waals surface area contributed by atoms with E-state index in [1.54, 1.807) is 0 Å². The molecule has 2 aliphatic carbocycles. The molecule has 6 heteroatoms. The zero-order chi connectivity index (χ0) is 13.9. The number of amides is 3. The largest absolute Gasteiger partial charge is 0.336 e. The van der Waals surface area contributed by atoms with Crippen LogP contribution >= 0.6 is 0 Å². The number of halogens is 1. The van der Waals surface area contributed by atoms with Crippen molar-refractivity contribution in [2.75, 3.05) is 23.3 Å². The Bertz CT molecular complexity index is 625. The number of anilines is 2. The summed E-state index contributed by atoms with van der Waals surface area (Å²) in [5.41, 5.74) is 0.621. The second-order valence-electron chi connectivity index (χ2n) is 5.77. The molecule has 5 nitrogen and oxygen atoms in total. The molecule has 20 heavy (non-hydrogen) atoms. The van der Waals surface area contributed by atoms with Crippen molar-refractivity contribution in [3.05, 3.63) is 24.0 Å². The number of benzene rings is 1. The van der Waals surface area contributed by atoms with Crippen LogP contribution in [-0.4, -0.2) is 25.0 Å². The van der Waals surface area contributed by atoms with E-state index >= 15 is 0 Å². The number of carbonyl (C=O) groups excluding carboxylic acids is 2. The molecule has 0 atom stereocenters. The van der Waals surface area contributed by atoms with Crippen LogP contribution in [-0.2, 0) is 4.79 Å². The summed E-state index contributed by atoms with van der Waals surface area (Å²) in [6.07, 6.45) is 1.95. The van der Waals surface area contributed by atoms with E-state index in [2.05, 4.69) is 10.6 Å². The zero-order valence-electron chi connectivity index (χ0n) is 10.8. The standard InChI is InChI=1S/C14H14FN3O2/c15-10-2-1-9(17-12(19)14-6-8(14)7-14)5-11(10)18-4-3-16-13(18)20/h1-2,5,8H,3-4,6-7H2,(H,16,20)(H,17,19). The lowest BCUT2D eigenvalue weighted by atomic mass is 10.2. The van der Waals surface area contributed by atoms with E-state index in [1.165, 1.54) is 23.1 Å². The SMILES string of the molecule is O=C1NCCN1c1cc(NC(=O)C23CC2C3)ccc1F. The molecule has 1 aromatic carbocycles. The Labute approximate surface area is 115 Å². The van der Waals surface area contributed by atoms with Gasteiger partial charge < -0.3 is 10.6 Å². The summed E-state index contributed by atoms with van der Waals surface area (Å²) in [7, 11) is 0. The minimum Gasteiger partial charge on any atom is -0.336 e. The molecule has 1 aromatic rings. The molecule has 0 radical (unpaired) electrons. The van der Waals surface area contributed by atoms with Gasteiger partial charge in [-0.3, -0.25) is 9.69 Å². The zero-order valence-corrected chi connectivity index (χ0v) is 10.8. The van der Waals surface area contributed by atoms with Gasteiger partial charge >= 0.3 is 6.03 Å². The average Bonchev–Trinajstić information content (AvgIpc) is 3.23. The summed E-state index contributed by atoms with van der Waals surface area (Å²) in [6.45, 7) is 0.929. The molecule has 3 aliphatic rings. The number of rotatable bonds is 3. The van der Waals surface area contributed by atoms with Gasteiger partial charge in [-0.1, -0.05) is 0 Å². The molecule has 0 unspecified atom stereocenters. The monoisotopic (exact) mass is 275 g/mol. The van der Waals surface area contributed by atoms with Gasteiger partial charge in [-0.05, 0) is 37.0 Å². The van der Waals surface area contributed by atoms with Crippen molar-refractivity contribution in [3.63, 3.8) is 0 Å². The van der Waals surface area contributed by atoms with Crippen molar-refractivity contribution in [2.45, 2.75) is 12.8 Å². The molecule has 1 heterocycles. The van der Waals surface area contributed by atoms with Gasteiger partial charge in [0.15, 0.2) is 0 Å². The number of carbonyl (C=O) groups is 2. The number of hydrogen-bond acceptors (Lipinski definition) is 2. The second kappa shape index (κ2) is 3.71. The summed E-state index contributed by atoms with van der Waals surface area (Å²) in [6, 6.07) is 4.02. The van der Waals surface area contributed by atoms with Gasteiger partial charge in [-0.15, -0.1) is 0 Å². The third-order valence-electron chi connectivity index (χ3n) is 4.49. The Balaban J connectivity index is 1.58. The van der Waals surface area contributed by atoms with Gasteiger partial charge in [0.05, 0.1) is 11.1 Å². The lowest BCUT2D eigenvalue weighted by molar-refractivity contribution is -0.119. The van der Waals surface area contributed by atoms with Crippen molar-refractivity contribution < 1.29 is 14.0 Å². The molecule has 0 aromatic heterocycles. The maximum atomic E-state index is 13.9. The lowest BCUT2D eigenvalue weighted by Gasteiger charge is -2.16. The highest BCUT2D eigenvalue weighted by Gasteiger charge is 2.74. The molecular weight excluding hydrogens is 261 g/mol. The molecular formula is C14H14FN3O2. The van der Waals surface area contributed by atoms with Crippen LogP contribution in [0.1, 0.15) is 12.8 Å². The highest BCUT2D eigenvalue weighted by Crippen LogP contribution is 2.75. The molecule has 0 spiro atoms. The molecule has 0 bridgehead atoms. The molecule has 3 amide bonds. The minimum absolute atomic E-state index is 0.0194. The van der Waals surface area contributed by atoms with Crippen LogP contribution in [0.2, 0.25) is 0 Å². The Hall–Kier alpha value is -2.11. The van der Waals surface area contributed by atoms with E-state index in [4.69, 9.17) is 0 Å². The molecule has 1 aliphatic heterocycles. The fraction of sp³-hybridized carbons (Fsp3) is 0.429. The van der Waals surface area contributed by atoms with E-state index < -0.39 is 5.82 Å². The molecule has 2 saturated carbocycles. The van der Waals surface area contributed by atoms with Crippen LogP contribution in [0.25, 0.3) is 0 Å². The third-order valence-corrected chi connectivity index (χ3v) is 4.49. The summed E-state index contributed by atoms with van der Waals surface area (Å²) in [5.74, 6) is 0.117. The topological polar surface area (TPSA) is 61.4 Å². The summed E-state index contributed by atoms with van der Waals surface area (Å²) in [4.78, 5) is 25.0. The van der Waals surface area contributed by atoms with Crippen molar-refractivity contribution in [2.24, 2.45) is 11.3 Å². The van der Waals surface area contributed by atoms with Crippen LogP contribution in [0.4, 0.5) is 20.6 Å². The van der Waals surface area contributed by atoms with Gasteiger partial charge in [-0.25, -0.2) is 9.18 Å². The highest BCUT2D eigenvalue weighted by molar-refractivity contribution is 6.01. The van der Waals surface area contributed by atoms with E-state index in [0.29, 0.717) is 24.7 Å². The van der Waals surface area contributed by atoms with E-state index in [-0.39, 0.29) is 23.0 Å². The summed E-state index contributed by atoms with van der Waals surface area (Å²) in [5, 5.41) is 5.46. The lowest BCUT2D eigenvalue weighted by Crippen LogP contribution is -2.28. The fourth-order valence-electron chi connectivity index (χ4n) is 2.83. The first-order chi connectivity index (χ1) is 9.60. The first-order valence-electron chi connectivity index (χ1n) is 6.76. The molecule has 2 N–H and O–H groups in total. The van der Waals surface area contributed by atoms with Crippen LogP contribution in [0.5, 0.6) is 0 Å². The second-order valence-corrected chi connectivity index (χ2v) is 5.77. The average molecular weight is 275 g/mol. The summed E-state index contributed by atoms with van der Waals surface area (Å²) < 4.78 is 13.9. The predicted molar refractivity (Wildman–Crippen MR) is 70.9 cm³/mol. The maximum absolute atomic E-state index is 13.9. The molecule has 3 fully saturated rings. The van der Waals surface area contributed by atoms with E-state index in [9.17, 15) is 14.0 Å². The van der Waals surface area contributed by atoms with Crippen LogP contribution in [0.3, 0.4) is 0 Å². The predicted octanol–water partition coefficient (Wildman–Crippen LogP) is 1.70. The number of nitrogens with zero attached hydrogens (tertiary/aromatic N) is 1. The van der Waals surface area contributed by atoms with Crippen molar-refractivity contribution in [1.82, 2.24) is 5.32 Å². The number of hydrogen-bond donors (Lipinski definition) is 2. The van der Waals surface area contributed by atoms with Crippen molar-refractivity contribution >= 4 is 23.3 Å². The van der Waals surface area contributed by atoms with E-state index in [1.807, 2.05) is 0 Å². The Morgan fingerprint density at radius 2 is 2.20 bits per heavy atom. The van der Waals surface area contributed by atoms with Crippen LogP contribution < -0.4 is 15.5 Å².